The first-order chi connectivity index (χ1) is 13.5. The van der Waals surface area contributed by atoms with Gasteiger partial charge in [0.05, 0.1) is 13.1 Å². The zero-order valence-corrected chi connectivity index (χ0v) is 17.3. The van der Waals surface area contributed by atoms with Crippen molar-refractivity contribution in [3.05, 3.63) is 18.2 Å². The Bertz CT molecular complexity index is 633. The van der Waals surface area contributed by atoms with Crippen molar-refractivity contribution in [1.82, 2.24) is 29.6 Å². The van der Waals surface area contributed by atoms with Crippen molar-refractivity contribution in [3.63, 3.8) is 0 Å². The molecule has 0 radical (unpaired) electrons. The number of H-pyrrole nitrogens is 1. The Balaban J connectivity index is 1.21. The van der Waals surface area contributed by atoms with Gasteiger partial charge in [-0.25, -0.2) is 9.78 Å². The molecule has 3 saturated heterocycles. The number of ether oxygens (including phenoxy) is 1. The number of piperidine rings is 1. The minimum atomic E-state index is -0.285. The number of amides is 1. The van der Waals surface area contributed by atoms with E-state index in [2.05, 4.69) is 38.5 Å². The van der Waals surface area contributed by atoms with Crippen LogP contribution < -0.4 is 0 Å². The molecule has 0 aliphatic carbocycles. The molecule has 156 valence electrons. The van der Waals surface area contributed by atoms with E-state index >= 15 is 0 Å². The number of nitrogens with one attached hydrogen (secondary N) is 1. The summed E-state index contributed by atoms with van der Waals surface area (Å²) in [6.45, 7) is 14.1. The lowest BCUT2D eigenvalue weighted by Gasteiger charge is -2.38. The van der Waals surface area contributed by atoms with Crippen molar-refractivity contribution < 1.29 is 9.53 Å². The van der Waals surface area contributed by atoms with Crippen LogP contribution in [0.25, 0.3) is 0 Å². The Labute approximate surface area is 167 Å². The average Bonchev–Trinajstić information content (AvgIpc) is 3.30. The van der Waals surface area contributed by atoms with E-state index in [-0.39, 0.29) is 11.7 Å². The van der Waals surface area contributed by atoms with Crippen molar-refractivity contribution >= 4 is 6.09 Å². The third-order valence-corrected chi connectivity index (χ3v) is 6.56. The lowest BCUT2D eigenvalue weighted by molar-refractivity contribution is -0.00177. The number of rotatable bonds is 6. The second kappa shape index (κ2) is 8.39. The first-order valence-corrected chi connectivity index (χ1v) is 10.7. The molecule has 0 saturated carbocycles. The summed E-state index contributed by atoms with van der Waals surface area (Å²) in [7, 11) is 0. The maximum absolute atomic E-state index is 12.4. The maximum atomic E-state index is 12.4. The van der Waals surface area contributed by atoms with Crippen molar-refractivity contribution in [2.24, 2.45) is 0 Å². The summed E-state index contributed by atoms with van der Waals surface area (Å²) in [6.07, 6.45) is 5.34. The predicted octanol–water partition coefficient (Wildman–Crippen LogP) is 1.22. The van der Waals surface area contributed by atoms with Gasteiger partial charge in [0.15, 0.2) is 0 Å². The molecule has 0 bridgehead atoms. The number of likely N-dealkylation sites (tertiary alicyclic amines) is 1. The summed E-state index contributed by atoms with van der Waals surface area (Å²) in [5.41, 5.74) is -0.285. The van der Waals surface area contributed by atoms with Crippen LogP contribution in [-0.2, 0) is 11.3 Å². The molecule has 0 aromatic carbocycles. The summed E-state index contributed by atoms with van der Waals surface area (Å²) in [5, 5.41) is 0. The topological polar surface area (TPSA) is 67.9 Å². The highest BCUT2D eigenvalue weighted by Crippen LogP contribution is 2.33. The van der Waals surface area contributed by atoms with Crippen molar-refractivity contribution in [2.75, 3.05) is 58.9 Å². The SMILES string of the molecule is CC(C)N1CCN(CCN2CC3(CCN(Cc4ncc[nH]4)CC3)OC2=O)CC1. The molecule has 0 unspecified atom stereocenters. The Hall–Kier alpha value is -1.64. The van der Waals surface area contributed by atoms with Crippen LogP contribution in [0.2, 0.25) is 0 Å². The van der Waals surface area contributed by atoms with E-state index < -0.39 is 0 Å². The van der Waals surface area contributed by atoms with Crippen LogP contribution in [0.1, 0.15) is 32.5 Å². The van der Waals surface area contributed by atoms with Gasteiger partial charge in [-0.2, -0.15) is 0 Å². The summed E-state index contributed by atoms with van der Waals surface area (Å²) in [6, 6.07) is 0.620. The van der Waals surface area contributed by atoms with Gasteiger partial charge in [-0.1, -0.05) is 0 Å². The number of carbonyl (C=O) groups excluding carboxylic acids is 1. The highest BCUT2D eigenvalue weighted by atomic mass is 16.6. The van der Waals surface area contributed by atoms with E-state index in [4.69, 9.17) is 4.74 Å². The van der Waals surface area contributed by atoms with Gasteiger partial charge in [-0.05, 0) is 13.8 Å². The monoisotopic (exact) mass is 390 g/mol. The molecule has 1 aromatic rings. The van der Waals surface area contributed by atoms with E-state index in [0.717, 1.165) is 84.1 Å². The van der Waals surface area contributed by atoms with E-state index in [0.29, 0.717) is 6.04 Å². The number of nitrogens with zero attached hydrogens (tertiary/aromatic N) is 5. The van der Waals surface area contributed by atoms with Crippen LogP contribution in [0, 0.1) is 0 Å². The molecular formula is C20H34N6O2. The number of aromatic nitrogens is 2. The minimum absolute atomic E-state index is 0.125. The van der Waals surface area contributed by atoms with Gasteiger partial charge in [-0.15, -0.1) is 0 Å². The molecule has 4 rings (SSSR count). The van der Waals surface area contributed by atoms with Crippen molar-refractivity contribution in [1.29, 1.82) is 0 Å². The van der Waals surface area contributed by atoms with Crippen LogP contribution in [-0.4, -0.2) is 106 Å². The second-order valence-corrected chi connectivity index (χ2v) is 8.76. The van der Waals surface area contributed by atoms with Gasteiger partial charge < -0.3 is 14.6 Å². The van der Waals surface area contributed by atoms with Crippen LogP contribution in [0.4, 0.5) is 4.79 Å². The molecule has 1 aromatic heterocycles. The van der Waals surface area contributed by atoms with Crippen molar-refractivity contribution in [2.45, 2.75) is 44.9 Å². The Kier molecular flexibility index (Phi) is 5.89. The van der Waals surface area contributed by atoms with E-state index in [1.54, 1.807) is 6.20 Å². The summed E-state index contributed by atoms with van der Waals surface area (Å²) < 4.78 is 5.88. The van der Waals surface area contributed by atoms with Crippen LogP contribution in [0.5, 0.6) is 0 Å². The largest absolute Gasteiger partial charge is 0.441 e. The van der Waals surface area contributed by atoms with E-state index in [9.17, 15) is 4.79 Å². The number of hydrogen-bond acceptors (Lipinski definition) is 6. The lowest BCUT2D eigenvalue weighted by atomic mass is 9.91. The number of hydrogen-bond donors (Lipinski definition) is 1. The molecule has 8 nitrogen and oxygen atoms in total. The lowest BCUT2D eigenvalue weighted by Crippen LogP contribution is -2.50. The second-order valence-electron chi connectivity index (χ2n) is 8.76. The summed E-state index contributed by atoms with van der Waals surface area (Å²) in [4.78, 5) is 29.2. The quantitative estimate of drug-likeness (QED) is 0.788. The number of carbonyl (C=O) groups is 1. The average molecular weight is 391 g/mol. The van der Waals surface area contributed by atoms with Crippen LogP contribution >= 0.6 is 0 Å². The van der Waals surface area contributed by atoms with Crippen molar-refractivity contribution in [3.8, 4) is 0 Å². The predicted molar refractivity (Wildman–Crippen MR) is 107 cm³/mol. The van der Waals surface area contributed by atoms with Crippen LogP contribution in [0.15, 0.2) is 12.4 Å². The fraction of sp³-hybridized carbons (Fsp3) is 0.800. The standard InChI is InChI=1S/C20H34N6O2/c1-17(2)25-12-9-23(10-13-25)11-14-26-16-20(28-19(26)27)3-7-24(8-4-20)15-18-21-5-6-22-18/h5-6,17H,3-4,7-16H2,1-2H3,(H,21,22). The summed E-state index contributed by atoms with van der Waals surface area (Å²) in [5.74, 6) is 0.999. The Morgan fingerprint density at radius 3 is 2.50 bits per heavy atom. The number of imidazole rings is 1. The zero-order valence-electron chi connectivity index (χ0n) is 17.3. The highest BCUT2D eigenvalue weighted by Gasteiger charge is 2.46. The fourth-order valence-electron chi connectivity index (χ4n) is 4.61. The normalized spacial score (nSPS) is 24.4. The Morgan fingerprint density at radius 2 is 1.86 bits per heavy atom. The number of piperazine rings is 1. The highest BCUT2D eigenvalue weighted by molar-refractivity contribution is 5.70. The van der Waals surface area contributed by atoms with Gasteiger partial charge in [0, 0.05) is 83.6 Å². The van der Waals surface area contributed by atoms with Gasteiger partial charge in [0.1, 0.15) is 11.4 Å². The number of aromatic amines is 1. The van der Waals surface area contributed by atoms with Gasteiger partial charge in [0.25, 0.3) is 0 Å². The maximum Gasteiger partial charge on any atom is 0.410 e. The van der Waals surface area contributed by atoms with Gasteiger partial charge >= 0.3 is 6.09 Å². The molecule has 1 amide bonds. The molecule has 28 heavy (non-hydrogen) atoms. The van der Waals surface area contributed by atoms with Crippen LogP contribution in [0.3, 0.4) is 0 Å². The molecule has 8 heteroatoms. The molecule has 1 spiro atoms. The zero-order chi connectivity index (χ0) is 19.6. The third kappa shape index (κ3) is 4.50. The van der Waals surface area contributed by atoms with E-state index in [1.165, 1.54) is 0 Å². The molecule has 3 aliphatic rings. The third-order valence-electron chi connectivity index (χ3n) is 6.56. The molecule has 3 aliphatic heterocycles. The first kappa shape index (κ1) is 19.7. The fourth-order valence-corrected chi connectivity index (χ4v) is 4.61. The van der Waals surface area contributed by atoms with Gasteiger partial charge in [-0.3, -0.25) is 14.7 Å². The summed E-state index contributed by atoms with van der Waals surface area (Å²) >= 11 is 0. The molecular weight excluding hydrogens is 356 g/mol. The molecule has 3 fully saturated rings. The first-order valence-electron chi connectivity index (χ1n) is 10.7. The smallest absolute Gasteiger partial charge is 0.410 e. The van der Waals surface area contributed by atoms with Gasteiger partial charge in [0.2, 0.25) is 0 Å². The Morgan fingerprint density at radius 1 is 1.11 bits per heavy atom. The minimum Gasteiger partial charge on any atom is -0.441 e. The van der Waals surface area contributed by atoms with E-state index in [1.807, 2.05) is 11.1 Å². The molecule has 0 atom stereocenters. The molecule has 1 N–H and O–H groups in total. The molecule has 4 heterocycles.